The summed E-state index contributed by atoms with van der Waals surface area (Å²) in [5, 5.41) is 0. The molecule has 0 aliphatic heterocycles. The molecule has 0 aromatic carbocycles. The van der Waals surface area contributed by atoms with E-state index in [1.165, 1.54) is 0 Å². The highest BCUT2D eigenvalue weighted by Crippen LogP contribution is 2.20. The quantitative estimate of drug-likeness (QED) is 0.609. The van der Waals surface area contributed by atoms with Crippen LogP contribution in [0.1, 0.15) is 54.4 Å². The van der Waals surface area contributed by atoms with Crippen LogP contribution in [0.4, 0.5) is 0 Å². The lowest BCUT2D eigenvalue weighted by Crippen LogP contribution is -2.25. The largest absolute Gasteiger partial charge is 0.465 e. The predicted molar refractivity (Wildman–Crippen MR) is 79.2 cm³/mol. The molecule has 0 bridgehead atoms. The van der Waals surface area contributed by atoms with Crippen molar-refractivity contribution in [3.8, 4) is 0 Å². The molecule has 118 valence electrons. The first-order chi connectivity index (χ1) is 9.23. The third-order valence-electron chi connectivity index (χ3n) is 2.90. The Kier molecular flexibility index (Phi) is 9.26. The standard InChI is InChI=1S/C16H30O4/c1-11(2)9-19-15(17)8-7-14(13(5)6)16(18)20-10-12(3)4/h11-14H,7-10H2,1-6H3. The second kappa shape index (κ2) is 9.78. The van der Waals surface area contributed by atoms with Crippen molar-refractivity contribution in [2.24, 2.45) is 23.7 Å². The molecule has 0 N–H and O–H groups in total. The van der Waals surface area contributed by atoms with Gasteiger partial charge < -0.3 is 9.47 Å². The fourth-order valence-electron chi connectivity index (χ4n) is 1.68. The fourth-order valence-corrected chi connectivity index (χ4v) is 1.68. The van der Waals surface area contributed by atoms with Gasteiger partial charge in [-0.3, -0.25) is 9.59 Å². The molecule has 0 aliphatic rings. The minimum absolute atomic E-state index is 0.160. The highest BCUT2D eigenvalue weighted by Gasteiger charge is 2.25. The zero-order valence-electron chi connectivity index (χ0n) is 13.8. The lowest BCUT2D eigenvalue weighted by atomic mass is 9.91. The Morgan fingerprint density at radius 1 is 0.850 bits per heavy atom. The molecule has 0 aliphatic carbocycles. The molecule has 20 heavy (non-hydrogen) atoms. The Morgan fingerprint density at radius 2 is 1.35 bits per heavy atom. The van der Waals surface area contributed by atoms with E-state index in [4.69, 9.17) is 9.47 Å². The van der Waals surface area contributed by atoms with Crippen LogP contribution in [0.25, 0.3) is 0 Å². The molecule has 1 atom stereocenters. The van der Waals surface area contributed by atoms with Crippen molar-refractivity contribution in [3.05, 3.63) is 0 Å². The summed E-state index contributed by atoms with van der Waals surface area (Å²) in [5.74, 6) is 0.137. The molecule has 0 saturated heterocycles. The van der Waals surface area contributed by atoms with Crippen molar-refractivity contribution in [1.82, 2.24) is 0 Å². The second-order valence-electron chi connectivity index (χ2n) is 6.49. The lowest BCUT2D eigenvalue weighted by Gasteiger charge is -2.19. The molecule has 4 nitrogen and oxygen atoms in total. The van der Waals surface area contributed by atoms with E-state index >= 15 is 0 Å². The van der Waals surface area contributed by atoms with Crippen LogP contribution in [0, 0.1) is 23.7 Å². The Hall–Kier alpha value is -1.06. The maximum atomic E-state index is 12.0. The van der Waals surface area contributed by atoms with E-state index < -0.39 is 0 Å². The first-order valence-corrected chi connectivity index (χ1v) is 7.56. The van der Waals surface area contributed by atoms with Crippen LogP contribution in [-0.2, 0) is 19.1 Å². The lowest BCUT2D eigenvalue weighted by molar-refractivity contribution is -0.152. The minimum Gasteiger partial charge on any atom is -0.465 e. The number of rotatable bonds is 9. The number of ether oxygens (including phenoxy) is 2. The number of hydrogen-bond acceptors (Lipinski definition) is 4. The van der Waals surface area contributed by atoms with Gasteiger partial charge in [0.2, 0.25) is 0 Å². The van der Waals surface area contributed by atoms with E-state index in [9.17, 15) is 9.59 Å². The number of carbonyl (C=O) groups excluding carboxylic acids is 2. The molecule has 0 rings (SSSR count). The molecule has 0 saturated carbocycles. The van der Waals surface area contributed by atoms with Gasteiger partial charge in [0.05, 0.1) is 19.1 Å². The maximum Gasteiger partial charge on any atom is 0.309 e. The normalized spacial score (nSPS) is 12.8. The first kappa shape index (κ1) is 18.9. The van der Waals surface area contributed by atoms with Crippen LogP contribution >= 0.6 is 0 Å². The highest BCUT2D eigenvalue weighted by molar-refractivity contribution is 5.74. The second-order valence-corrected chi connectivity index (χ2v) is 6.49. The van der Waals surface area contributed by atoms with Crippen molar-refractivity contribution < 1.29 is 19.1 Å². The van der Waals surface area contributed by atoms with Gasteiger partial charge >= 0.3 is 11.9 Å². The van der Waals surface area contributed by atoms with Crippen molar-refractivity contribution >= 4 is 11.9 Å². The summed E-state index contributed by atoms with van der Waals surface area (Å²) >= 11 is 0. The summed E-state index contributed by atoms with van der Waals surface area (Å²) in [6.07, 6.45) is 0.762. The Morgan fingerprint density at radius 3 is 1.80 bits per heavy atom. The summed E-state index contributed by atoms with van der Waals surface area (Å²) in [6.45, 7) is 12.8. The van der Waals surface area contributed by atoms with Crippen LogP contribution in [0.15, 0.2) is 0 Å². The van der Waals surface area contributed by atoms with Crippen LogP contribution in [-0.4, -0.2) is 25.2 Å². The Bertz CT molecular complexity index is 295. The predicted octanol–water partition coefficient (Wildman–Crippen LogP) is 3.44. The molecule has 0 radical (unpaired) electrons. The zero-order valence-corrected chi connectivity index (χ0v) is 13.8. The van der Waals surface area contributed by atoms with Crippen molar-refractivity contribution in [2.75, 3.05) is 13.2 Å². The van der Waals surface area contributed by atoms with Gasteiger partial charge in [0, 0.05) is 6.42 Å². The molecule has 0 fully saturated rings. The van der Waals surface area contributed by atoms with Crippen LogP contribution in [0.5, 0.6) is 0 Å². The van der Waals surface area contributed by atoms with Crippen molar-refractivity contribution in [3.63, 3.8) is 0 Å². The van der Waals surface area contributed by atoms with Gasteiger partial charge in [-0.2, -0.15) is 0 Å². The monoisotopic (exact) mass is 286 g/mol. The van der Waals surface area contributed by atoms with E-state index in [0.717, 1.165) is 0 Å². The summed E-state index contributed by atoms with van der Waals surface area (Å²) < 4.78 is 10.4. The van der Waals surface area contributed by atoms with Gasteiger partial charge in [-0.15, -0.1) is 0 Å². The molecule has 4 heteroatoms. The highest BCUT2D eigenvalue weighted by atomic mass is 16.5. The molecule has 0 spiro atoms. The molecular weight excluding hydrogens is 256 g/mol. The molecule has 0 aromatic rings. The van der Waals surface area contributed by atoms with Gasteiger partial charge in [-0.1, -0.05) is 41.5 Å². The Balaban J connectivity index is 4.20. The summed E-state index contributed by atoms with van der Waals surface area (Å²) in [5.41, 5.74) is 0. The van der Waals surface area contributed by atoms with Crippen molar-refractivity contribution in [2.45, 2.75) is 54.4 Å². The van der Waals surface area contributed by atoms with E-state index in [2.05, 4.69) is 0 Å². The molecule has 0 aromatic heterocycles. The third-order valence-corrected chi connectivity index (χ3v) is 2.90. The third kappa shape index (κ3) is 8.94. The van der Waals surface area contributed by atoms with E-state index in [1.54, 1.807) is 0 Å². The SMILES string of the molecule is CC(C)COC(=O)CCC(C(=O)OCC(C)C)C(C)C. The molecule has 1 unspecified atom stereocenters. The number of carbonyl (C=O) groups is 2. The first-order valence-electron chi connectivity index (χ1n) is 7.56. The Labute approximate surface area is 123 Å². The molecule has 0 heterocycles. The van der Waals surface area contributed by atoms with E-state index in [-0.39, 0.29) is 30.2 Å². The van der Waals surface area contributed by atoms with Crippen LogP contribution in [0.2, 0.25) is 0 Å². The van der Waals surface area contributed by atoms with Gasteiger partial charge in [0.15, 0.2) is 0 Å². The average Bonchev–Trinajstić information content (AvgIpc) is 2.33. The van der Waals surface area contributed by atoms with E-state index in [0.29, 0.717) is 31.5 Å². The average molecular weight is 286 g/mol. The van der Waals surface area contributed by atoms with Crippen LogP contribution < -0.4 is 0 Å². The van der Waals surface area contributed by atoms with Gasteiger partial charge in [0.1, 0.15) is 0 Å². The number of esters is 2. The van der Waals surface area contributed by atoms with Gasteiger partial charge in [-0.25, -0.2) is 0 Å². The summed E-state index contributed by atoms with van der Waals surface area (Å²) in [7, 11) is 0. The van der Waals surface area contributed by atoms with Crippen molar-refractivity contribution in [1.29, 1.82) is 0 Å². The topological polar surface area (TPSA) is 52.6 Å². The molecular formula is C16H30O4. The van der Waals surface area contributed by atoms with Crippen LogP contribution in [0.3, 0.4) is 0 Å². The summed E-state index contributed by atoms with van der Waals surface area (Å²) in [6, 6.07) is 0. The van der Waals surface area contributed by atoms with Gasteiger partial charge in [-0.05, 0) is 24.2 Å². The molecule has 0 amide bonds. The van der Waals surface area contributed by atoms with Gasteiger partial charge in [0.25, 0.3) is 0 Å². The maximum absolute atomic E-state index is 12.0. The smallest absolute Gasteiger partial charge is 0.309 e. The summed E-state index contributed by atoms with van der Waals surface area (Å²) in [4.78, 5) is 23.6. The number of hydrogen-bond donors (Lipinski definition) is 0. The van der Waals surface area contributed by atoms with E-state index in [1.807, 2.05) is 41.5 Å². The zero-order chi connectivity index (χ0) is 15.7. The fraction of sp³-hybridized carbons (Fsp3) is 0.875. The minimum atomic E-state index is -0.236.